The molecule has 0 bridgehead atoms. The maximum absolute atomic E-state index is 12.3. The Labute approximate surface area is 173 Å². The second kappa shape index (κ2) is 8.54. The third kappa shape index (κ3) is 4.25. The predicted octanol–water partition coefficient (Wildman–Crippen LogP) is 4.96. The molecule has 0 saturated carbocycles. The van der Waals surface area contributed by atoms with Crippen molar-refractivity contribution in [3.8, 4) is 16.9 Å². The Balaban J connectivity index is 1.63. The van der Waals surface area contributed by atoms with E-state index < -0.39 is 0 Å². The van der Waals surface area contributed by atoms with Crippen LogP contribution in [-0.2, 0) is 0 Å². The molecule has 0 unspecified atom stereocenters. The molecule has 1 aromatic heterocycles. The molecule has 0 radical (unpaired) electrons. The van der Waals surface area contributed by atoms with E-state index in [4.69, 9.17) is 16.7 Å². The molecule has 1 heterocycles. The van der Waals surface area contributed by atoms with E-state index in [2.05, 4.69) is 10.5 Å². The number of carbonyl (C=O) groups excluding carboxylic acids is 1. The van der Waals surface area contributed by atoms with E-state index in [-0.39, 0.29) is 5.91 Å². The van der Waals surface area contributed by atoms with Crippen LogP contribution in [0.4, 0.5) is 0 Å². The summed E-state index contributed by atoms with van der Waals surface area (Å²) in [6.07, 6.45) is 3.46. The second-order valence-corrected chi connectivity index (χ2v) is 6.67. The summed E-state index contributed by atoms with van der Waals surface area (Å²) in [4.78, 5) is 12.3. The number of rotatable bonds is 5. The highest BCUT2D eigenvalue weighted by atomic mass is 35.5. The Bertz CT molecular complexity index is 1150. The zero-order valence-electron chi connectivity index (χ0n) is 15.4. The van der Waals surface area contributed by atoms with Crippen LogP contribution in [0, 0.1) is 0 Å². The van der Waals surface area contributed by atoms with Crippen LogP contribution < -0.4 is 5.43 Å². The van der Waals surface area contributed by atoms with E-state index in [1.807, 2.05) is 66.9 Å². The predicted molar refractivity (Wildman–Crippen MR) is 116 cm³/mol. The summed E-state index contributed by atoms with van der Waals surface area (Å²) < 4.78 is 1.79. The maximum atomic E-state index is 12.3. The minimum absolute atomic E-state index is 0.370. The Kier molecular flexibility index (Phi) is 5.49. The fourth-order valence-corrected chi connectivity index (χ4v) is 3.10. The highest BCUT2D eigenvalue weighted by Crippen LogP contribution is 2.22. The van der Waals surface area contributed by atoms with Gasteiger partial charge in [0.2, 0.25) is 0 Å². The molecule has 0 aliphatic rings. The number of hydrogen-bond donors (Lipinski definition) is 1. The normalized spacial score (nSPS) is 10.9. The zero-order valence-corrected chi connectivity index (χ0v) is 16.1. The smallest absolute Gasteiger partial charge is 0.267 e. The third-order valence-electron chi connectivity index (χ3n) is 4.30. The van der Waals surface area contributed by atoms with Crippen molar-refractivity contribution in [3.63, 3.8) is 0 Å². The Morgan fingerprint density at radius 1 is 0.931 bits per heavy atom. The van der Waals surface area contributed by atoms with Gasteiger partial charge in [0, 0.05) is 17.3 Å². The van der Waals surface area contributed by atoms with Crippen LogP contribution in [0.3, 0.4) is 0 Å². The largest absolute Gasteiger partial charge is 0.272 e. The molecule has 4 aromatic rings. The molecule has 1 amide bonds. The topological polar surface area (TPSA) is 59.3 Å². The van der Waals surface area contributed by atoms with Gasteiger partial charge in [0.25, 0.3) is 5.91 Å². The van der Waals surface area contributed by atoms with Crippen molar-refractivity contribution >= 4 is 23.7 Å². The van der Waals surface area contributed by atoms with Crippen LogP contribution >= 0.6 is 11.6 Å². The summed E-state index contributed by atoms with van der Waals surface area (Å²) in [5.41, 5.74) is 6.33. The van der Waals surface area contributed by atoms with Crippen molar-refractivity contribution in [1.82, 2.24) is 15.2 Å². The van der Waals surface area contributed by atoms with Crippen LogP contribution in [-0.4, -0.2) is 21.9 Å². The Hall–Kier alpha value is -3.70. The van der Waals surface area contributed by atoms with E-state index in [0.29, 0.717) is 10.6 Å². The number of benzene rings is 3. The molecular weight excluding hydrogens is 384 g/mol. The van der Waals surface area contributed by atoms with Gasteiger partial charge in [-0.15, -0.1) is 0 Å². The number of amides is 1. The maximum Gasteiger partial charge on any atom is 0.272 e. The van der Waals surface area contributed by atoms with Crippen LogP contribution in [0.5, 0.6) is 0 Å². The van der Waals surface area contributed by atoms with Crippen molar-refractivity contribution in [3.05, 3.63) is 107 Å². The van der Waals surface area contributed by atoms with Gasteiger partial charge in [0.05, 0.1) is 22.5 Å². The fourth-order valence-electron chi connectivity index (χ4n) is 2.88. The van der Waals surface area contributed by atoms with Crippen molar-refractivity contribution in [2.45, 2.75) is 0 Å². The molecule has 0 aliphatic heterocycles. The van der Waals surface area contributed by atoms with E-state index in [9.17, 15) is 4.79 Å². The lowest BCUT2D eigenvalue weighted by Crippen LogP contribution is -2.17. The number of carbonyl (C=O) groups is 1. The number of hydrazone groups is 1. The van der Waals surface area contributed by atoms with Gasteiger partial charge in [-0.05, 0) is 24.3 Å². The average molecular weight is 401 g/mol. The molecule has 0 aliphatic carbocycles. The minimum atomic E-state index is -0.372. The molecule has 0 fully saturated rings. The first-order valence-electron chi connectivity index (χ1n) is 9.01. The number of nitrogens with zero attached hydrogens (tertiary/aromatic N) is 3. The highest BCUT2D eigenvalue weighted by Gasteiger charge is 2.12. The van der Waals surface area contributed by atoms with E-state index in [1.165, 1.54) is 0 Å². The summed E-state index contributed by atoms with van der Waals surface area (Å²) in [5.74, 6) is -0.372. The average Bonchev–Trinajstić information content (AvgIpc) is 3.19. The molecule has 1 N–H and O–H groups in total. The molecule has 142 valence electrons. The van der Waals surface area contributed by atoms with Crippen molar-refractivity contribution in [2.24, 2.45) is 5.10 Å². The first-order valence-corrected chi connectivity index (χ1v) is 9.38. The molecule has 6 heteroatoms. The molecule has 29 heavy (non-hydrogen) atoms. The SMILES string of the molecule is O=C(N/N=C\c1cn(-c2ccccc2)nc1-c1ccccc1)c1ccccc1Cl. The van der Waals surface area contributed by atoms with Gasteiger partial charge in [-0.25, -0.2) is 10.1 Å². The summed E-state index contributed by atoms with van der Waals surface area (Å²) in [6.45, 7) is 0. The fraction of sp³-hybridized carbons (Fsp3) is 0. The third-order valence-corrected chi connectivity index (χ3v) is 4.63. The molecule has 5 nitrogen and oxygen atoms in total. The zero-order chi connectivity index (χ0) is 20.1. The summed E-state index contributed by atoms with van der Waals surface area (Å²) >= 11 is 6.07. The van der Waals surface area contributed by atoms with Crippen molar-refractivity contribution in [1.29, 1.82) is 0 Å². The van der Waals surface area contributed by atoms with Gasteiger partial charge in [0.15, 0.2) is 0 Å². The number of nitrogens with one attached hydrogen (secondary N) is 1. The van der Waals surface area contributed by atoms with Crippen LogP contribution in [0.1, 0.15) is 15.9 Å². The number of hydrogen-bond acceptors (Lipinski definition) is 3. The lowest BCUT2D eigenvalue weighted by Gasteiger charge is -2.01. The van der Waals surface area contributed by atoms with Crippen LogP contribution in [0.2, 0.25) is 5.02 Å². The lowest BCUT2D eigenvalue weighted by molar-refractivity contribution is 0.0955. The quantitative estimate of drug-likeness (QED) is 0.380. The van der Waals surface area contributed by atoms with Gasteiger partial charge in [-0.3, -0.25) is 4.79 Å². The lowest BCUT2D eigenvalue weighted by atomic mass is 10.1. The summed E-state index contributed by atoms with van der Waals surface area (Å²) in [7, 11) is 0. The molecule has 3 aromatic carbocycles. The van der Waals surface area contributed by atoms with E-state index in [0.717, 1.165) is 22.5 Å². The van der Waals surface area contributed by atoms with E-state index in [1.54, 1.807) is 35.2 Å². The molecule has 0 atom stereocenters. The van der Waals surface area contributed by atoms with Crippen molar-refractivity contribution < 1.29 is 4.79 Å². The Morgan fingerprint density at radius 2 is 1.59 bits per heavy atom. The van der Waals surface area contributed by atoms with Gasteiger partial charge in [0.1, 0.15) is 5.69 Å². The first-order chi connectivity index (χ1) is 14.2. The number of para-hydroxylation sites is 1. The number of halogens is 1. The van der Waals surface area contributed by atoms with Gasteiger partial charge in [-0.1, -0.05) is 72.3 Å². The summed E-state index contributed by atoms with van der Waals surface area (Å²) in [6, 6.07) is 26.5. The van der Waals surface area contributed by atoms with E-state index >= 15 is 0 Å². The molecule has 0 spiro atoms. The van der Waals surface area contributed by atoms with Crippen LogP contribution in [0.25, 0.3) is 16.9 Å². The molecule has 4 rings (SSSR count). The second-order valence-electron chi connectivity index (χ2n) is 6.26. The van der Waals surface area contributed by atoms with Gasteiger partial charge < -0.3 is 0 Å². The van der Waals surface area contributed by atoms with Crippen LogP contribution in [0.15, 0.2) is 96.2 Å². The highest BCUT2D eigenvalue weighted by molar-refractivity contribution is 6.33. The summed E-state index contributed by atoms with van der Waals surface area (Å²) in [5, 5.41) is 9.20. The molecular formula is C23H17ClN4O. The monoisotopic (exact) mass is 400 g/mol. The standard InChI is InChI=1S/C23H17ClN4O/c24-21-14-8-7-13-20(21)23(29)26-25-15-18-16-28(19-11-5-2-6-12-19)27-22(18)17-9-3-1-4-10-17/h1-16H,(H,26,29)/b25-15-. The minimum Gasteiger partial charge on any atom is -0.267 e. The Morgan fingerprint density at radius 3 is 2.31 bits per heavy atom. The van der Waals surface area contributed by atoms with Crippen molar-refractivity contribution in [2.75, 3.05) is 0 Å². The van der Waals surface area contributed by atoms with Gasteiger partial charge in [-0.2, -0.15) is 10.2 Å². The number of aromatic nitrogens is 2. The molecule has 0 saturated heterocycles. The van der Waals surface area contributed by atoms with Gasteiger partial charge >= 0.3 is 0 Å². The first kappa shape index (κ1) is 18.7.